The van der Waals surface area contributed by atoms with Crippen LogP contribution in [0.25, 0.3) is 10.8 Å². The fraction of sp³-hybridized carbons (Fsp3) is 0.529. The van der Waals surface area contributed by atoms with Crippen LogP contribution in [0.2, 0.25) is 6.04 Å². The molecule has 4 heteroatoms. The normalized spacial score (nSPS) is 11.4. The maximum Gasteiger partial charge on any atom is 0.500 e. The van der Waals surface area contributed by atoms with Gasteiger partial charge in [0.2, 0.25) is 0 Å². The third kappa shape index (κ3) is 6.14. The van der Waals surface area contributed by atoms with E-state index in [1.54, 1.807) is 0 Å². The molecule has 0 radical (unpaired) electrons. The molecule has 0 fully saturated rings. The minimum Gasteiger partial charge on any atom is -0.374 e. The summed E-state index contributed by atoms with van der Waals surface area (Å²) in [5.74, 6) is 0. The van der Waals surface area contributed by atoms with Gasteiger partial charge in [-0.25, -0.2) is 0 Å². The molecule has 0 saturated heterocycles. The van der Waals surface area contributed by atoms with Crippen molar-refractivity contribution in [2.24, 2.45) is 0 Å². The van der Waals surface area contributed by atoms with Crippen LogP contribution in [0.4, 0.5) is 0 Å². The Morgan fingerprint density at radius 2 is 1.00 bits per heavy atom. The number of hydrogen-bond donors (Lipinski definition) is 0. The molecule has 118 valence electrons. The van der Waals surface area contributed by atoms with E-state index in [-0.39, 0.29) is 0 Å². The lowest BCUT2D eigenvalue weighted by Gasteiger charge is -2.27. The van der Waals surface area contributed by atoms with E-state index in [9.17, 15) is 0 Å². The summed E-state index contributed by atoms with van der Waals surface area (Å²) in [6, 6.07) is 13.6. The van der Waals surface area contributed by atoms with Gasteiger partial charge in [-0.05, 0) is 31.5 Å². The van der Waals surface area contributed by atoms with Crippen molar-refractivity contribution in [1.82, 2.24) is 0 Å². The highest BCUT2D eigenvalue weighted by molar-refractivity contribution is 6.60. The Morgan fingerprint density at radius 1 is 0.667 bits per heavy atom. The van der Waals surface area contributed by atoms with Crippen LogP contribution < -0.4 is 0 Å². The Morgan fingerprint density at radius 3 is 1.19 bits per heavy atom. The number of hydrogen-bond acceptors (Lipinski definition) is 3. The molecule has 0 aliphatic carbocycles. The molecule has 0 aliphatic rings. The van der Waals surface area contributed by atoms with Crippen molar-refractivity contribution in [2.75, 3.05) is 19.8 Å². The molecule has 0 saturated carbocycles. The summed E-state index contributed by atoms with van der Waals surface area (Å²) in [5, 5.41) is 2.61. The van der Waals surface area contributed by atoms with Crippen LogP contribution in [0.5, 0.6) is 0 Å². The minimum atomic E-state index is -2.30. The van der Waals surface area contributed by atoms with Crippen LogP contribution in [-0.2, 0) is 13.3 Å². The highest BCUT2D eigenvalue weighted by Gasteiger charge is 2.38. The molecule has 0 aromatic heterocycles. The predicted octanol–water partition coefficient (Wildman–Crippen LogP) is 4.72. The largest absolute Gasteiger partial charge is 0.500 e. The minimum absolute atomic E-state index is 0.673. The molecule has 21 heavy (non-hydrogen) atoms. The SMILES string of the molecule is CCC[Si](OCC)(OCC)OCC.c1cc2ccc1cc2. The molecule has 0 amide bonds. The second-order valence-corrected chi connectivity index (χ2v) is 7.46. The Kier molecular flexibility index (Phi) is 8.53. The molecule has 3 rings (SSSR count). The molecule has 0 spiro atoms. The Hall–Kier alpha value is -0.943. The van der Waals surface area contributed by atoms with Gasteiger partial charge in [-0.3, -0.25) is 0 Å². The maximum absolute atomic E-state index is 5.65. The monoisotopic (exact) mass is 308 g/mol. The quantitative estimate of drug-likeness (QED) is 0.660. The molecule has 0 atom stereocenters. The van der Waals surface area contributed by atoms with Gasteiger partial charge in [0.15, 0.2) is 0 Å². The van der Waals surface area contributed by atoms with Gasteiger partial charge in [0.1, 0.15) is 0 Å². The molecule has 3 nitrogen and oxygen atoms in total. The van der Waals surface area contributed by atoms with Gasteiger partial charge in [-0.1, -0.05) is 49.7 Å². The van der Waals surface area contributed by atoms with Crippen LogP contribution in [0.1, 0.15) is 34.1 Å². The van der Waals surface area contributed by atoms with Crippen LogP contribution >= 0.6 is 0 Å². The fourth-order valence-corrected chi connectivity index (χ4v) is 4.83. The average Bonchev–Trinajstić information content (AvgIpc) is 2.51. The summed E-state index contributed by atoms with van der Waals surface area (Å²) >= 11 is 0. The summed E-state index contributed by atoms with van der Waals surface area (Å²) in [7, 11) is -2.30. The zero-order valence-corrected chi connectivity index (χ0v) is 14.7. The first-order chi connectivity index (χ1) is 10.2. The molecular formula is C17H28O3Si. The third-order valence-corrected chi connectivity index (χ3v) is 6.35. The lowest BCUT2D eigenvalue weighted by Crippen LogP contribution is -2.45. The first-order valence-electron chi connectivity index (χ1n) is 7.89. The molecular weight excluding hydrogens is 280 g/mol. The van der Waals surface area contributed by atoms with E-state index < -0.39 is 8.80 Å². The standard InChI is InChI=1S/C9H22O3Si.C8H6/c1-5-9-13(10-6-2,11-7-3)12-8-4;1-2-8-5-3-7(1)4-6-8/h5-9H2,1-4H3;1-6H. The van der Waals surface area contributed by atoms with E-state index in [0.717, 1.165) is 12.5 Å². The number of fused-ring (bicyclic) bond motifs is 3. The van der Waals surface area contributed by atoms with Crippen molar-refractivity contribution >= 4 is 19.6 Å². The number of benzene rings is 3. The van der Waals surface area contributed by atoms with Crippen molar-refractivity contribution < 1.29 is 13.3 Å². The van der Waals surface area contributed by atoms with Crippen molar-refractivity contribution in [2.45, 2.75) is 40.2 Å². The summed E-state index contributed by atoms with van der Waals surface area (Å²) < 4.78 is 16.9. The van der Waals surface area contributed by atoms with Gasteiger partial charge in [-0.15, -0.1) is 0 Å². The molecule has 0 heterocycles. The van der Waals surface area contributed by atoms with Gasteiger partial charge in [0, 0.05) is 25.9 Å². The molecule has 0 aliphatic heterocycles. The van der Waals surface area contributed by atoms with Gasteiger partial charge in [0.25, 0.3) is 0 Å². The first kappa shape index (κ1) is 18.1. The van der Waals surface area contributed by atoms with E-state index in [4.69, 9.17) is 13.3 Å². The van der Waals surface area contributed by atoms with E-state index in [1.807, 2.05) is 20.8 Å². The van der Waals surface area contributed by atoms with E-state index in [2.05, 4.69) is 43.3 Å². The Bertz CT molecular complexity index is 368. The fourth-order valence-electron chi connectivity index (χ4n) is 2.22. The Labute approximate surface area is 129 Å². The van der Waals surface area contributed by atoms with Crippen molar-refractivity contribution in [3.8, 4) is 0 Å². The van der Waals surface area contributed by atoms with Gasteiger partial charge >= 0.3 is 8.80 Å². The smallest absolute Gasteiger partial charge is 0.374 e. The van der Waals surface area contributed by atoms with Crippen LogP contribution in [0.15, 0.2) is 36.4 Å². The summed E-state index contributed by atoms with van der Waals surface area (Å²) in [6.45, 7) is 10.1. The maximum atomic E-state index is 5.65. The van der Waals surface area contributed by atoms with Crippen LogP contribution in [-0.4, -0.2) is 28.6 Å². The lowest BCUT2D eigenvalue weighted by molar-refractivity contribution is 0.0712. The summed E-state index contributed by atoms with van der Waals surface area (Å²) in [5.41, 5.74) is 0. The molecule has 3 aromatic carbocycles. The zero-order chi connectivity index (χ0) is 15.6. The average molecular weight is 308 g/mol. The van der Waals surface area contributed by atoms with E-state index in [0.29, 0.717) is 19.8 Å². The second-order valence-electron chi connectivity index (χ2n) is 4.73. The highest BCUT2D eigenvalue weighted by atomic mass is 28.4. The molecule has 0 N–H and O–H groups in total. The van der Waals surface area contributed by atoms with Gasteiger partial charge < -0.3 is 13.3 Å². The van der Waals surface area contributed by atoms with Crippen LogP contribution in [0, 0.1) is 0 Å². The first-order valence-corrected chi connectivity index (χ1v) is 9.82. The zero-order valence-electron chi connectivity index (χ0n) is 13.7. The van der Waals surface area contributed by atoms with E-state index >= 15 is 0 Å². The predicted molar refractivity (Wildman–Crippen MR) is 90.9 cm³/mol. The summed E-state index contributed by atoms with van der Waals surface area (Å²) in [6.07, 6.45) is 1.05. The highest BCUT2D eigenvalue weighted by Crippen LogP contribution is 2.17. The molecule has 3 aromatic rings. The van der Waals surface area contributed by atoms with Crippen molar-refractivity contribution in [3.63, 3.8) is 0 Å². The van der Waals surface area contributed by atoms with Crippen molar-refractivity contribution in [1.29, 1.82) is 0 Å². The lowest BCUT2D eigenvalue weighted by atomic mass is 10.1. The topological polar surface area (TPSA) is 27.7 Å². The van der Waals surface area contributed by atoms with Crippen LogP contribution in [0.3, 0.4) is 0 Å². The molecule has 0 unspecified atom stereocenters. The van der Waals surface area contributed by atoms with Crippen molar-refractivity contribution in [3.05, 3.63) is 36.4 Å². The van der Waals surface area contributed by atoms with Gasteiger partial charge in [-0.2, -0.15) is 0 Å². The third-order valence-electron chi connectivity index (χ3n) is 3.05. The van der Waals surface area contributed by atoms with E-state index in [1.165, 1.54) is 10.8 Å². The summed E-state index contributed by atoms with van der Waals surface area (Å²) in [4.78, 5) is 0. The van der Waals surface area contributed by atoms with Gasteiger partial charge in [0.05, 0.1) is 0 Å². The number of rotatable bonds is 8. The second kappa shape index (κ2) is 9.90. The Balaban J connectivity index is 0.000000230. The molecule has 2 bridgehead atoms.